The summed E-state index contributed by atoms with van der Waals surface area (Å²) >= 11 is 6.61. The van der Waals surface area contributed by atoms with Crippen LogP contribution < -0.4 is 34.9 Å². The van der Waals surface area contributed by atoms with Crippen LogP contribution in [0.15, 0.2) is 54.7 Å². The SMILES string of the molecule is COCCNC(=O)c1ccc(Oc2nc(Nc3cc(OC)c(OC)c(OCCCN4CCN(C)CC4)c3)ncc2C(=O)Nc2c(C)cccc2C)c(Cl)c1. The smallest absolute Gasteiger partial charge is 0.262 e. The highest BCUT2D eigenvalue weighted by atomic mass is 35.5. The minimum atomic E-state index is -0.488. The zero-order chi connectivity index (χ0) is 38.6. The number of aryl methyl sites for hydroxylation is 2. The molecule has 0 saturated carbocycles. The number of methoxy groups -OCH3 is 3. The Kier molecular flexibility index (Phi) is 14.3. The van der Waals surface area contributed by atoms with Crippen molar-refractivity contribution in [3.63, 3.8) is 0 Å². The second-order valence-electron chi connectivity index (χ2n) is 12.8. The molecule has 14 nitrogen and oxygen atoms in total. The Labute approximate surface area is 321 Å². The number of anilines is 3. The topological polar surface area (TPSA) is 149 Å². The van der Waals surface area contributed by atoms with E-state index < -0.39 is 5.91 Å². The monoisotopic (exact) mass is 761 g/mol. The van der Waals surface area contributed by atoms with Gasteiger partial charge in [0.2, 0.25) is 17.6 Å². The largest absolute Gasteiger partial charge is 0.493 e. The molecule has 0 unspecified atom stereocenters. The number of aromatic nitrogens is 2. The quantitative estimate of drug-likeness (QED) is 0.109. The Morgan fingerprint density at radius 3 is 2.31 bits per heavy atom. The molecule has 3 aromatic carbocycles. The molecule has 288 valence electrons. The number of benzene rings is 3. The van der Waals surface area contributed by atoms with Crippen LogP contribution in [0.1, 0.15) is 38.3 Å². The zero-order valence-corrected chi connectivity index (χ0v) is 32.3. The number of para-hydroxylation sites is 1. The Hall–Kier alpha value is -5.15. The predicted octanol–water partition coefficient (Wildman–Crippen LogP) is 5.94. The highest BCUT2D eigenvalue weighted by molar-refractivity contribution is 6.32. The lowest BCUT2D eigenvalue weighted by Crippen LogP contribution is -2.44. The minimum absolute atomic E-state index is 0.0531. The van der Waals surface area contributed by atoms with Crippen LogP contribution in [0.25, 0.3) is 0 Å². The number of nitrogens with one attached hydrogen (secondary N) is 3. The molecule has 2 heterocycles. The van der Waals surface area contributed by atoms with E-state index in [9.17, 15) is 9.59 Å². The van der Waals surface area contributed by atoms with E-state index in [1.54, 1.807) is 39.5 Å². The van der Waals surface area contributed by atoms with Gasteiger partial charge in [-0.1, -0.05) is 29.8 Å². The Morgan fingerprint density at radius 1 is 0.889 bits per heavy atom. The van der Waals surface area contributed by atoms with Gasteiger partial charge in [-0.2, -0.15) is 4.98 Å². The molecule has 1 fully saturated rings. The maximum atomic E-state index is 13.8. The molecule has 5 rings (SSSR count). The number of likely N-dealkylation sites (N-methyl/N-ethyl adjacent to an activating group) is 1. The molecule has 2 amide bonds. The number of hydrogen-bond donors (Lipinski definition) is 3. The summed E-state index contributed by atoms with van der Waals surface area (Å²) in [6, 6.07) is 13.8. The lowest BCUT2D eigenvalue weighted by molar-refractivity contribution is 0.0936. The third-order valence-electron chi connectivity index (χ3n) is 8.88. The van der Waals surface area contributed by atoms with E-state index in [1.165, 1.54) is 18.3 Å². The Bertz CT molecular complexity index is 1900. The van der Waals surface area contributed by atoms with Crippen molar-refractivity contribution >= 4 is 40.7 Å². The van der Waals surface area contributed by atoms with Crippen molar-refractivity contribution in [2.75, 3.05) is 91.5 Å². The van der Waals surface area contributed by atoms with Crippen LogP contribution in [0.3, 0.4) is 0 Å². The van der Waals surface area contributed by atoms with Crippen LogP contribution in [-0.4, -0.2) is 112 Å². The molecule has 0 atom stereocenters. The number of rotatable bonds is 17. The first-order valence-corrected chi connectivity index (χ1v) is 18.0. The fraction of sp³-hybridized carbons (Fsp3) is 0.385. The normalized spacial score (nSPS) is 13.2. The third-order valence-corrected chi connectivity index (χ3v) is 9.18. The number of nitrogens with zero attached hydrogens (tertiary/aromatic N) is 4. The van der Waals surface area contributed by atoms with Crippen LogP contribution in [0, 0.1) is 13.8 Å². The van der Waals surface area contributed by atoms with Crippen molar-refractivity contribution in [1.82, 2.24) is 25.1 Å². The van der Waals surface area contributed by atoms with Gasteiger partial charge in [0.1, 0.15) is 11.3 Å². The van der Waals surface area contributed by atoms with E-state index in [2.05, 4.69) is 42.8 Å². The van der Waals surface area contributed by atoms with Crippen molar-refractivity contribution in [3.8, 4) is 28.9 Å². The molecule has 0 aliphatic carbocycles. The fourth-order valence-electron chi connectivity index (χ4n) is 5.83. The molecule has 1 aliphatic heterocycles. The number of amides is 2. The summed E-state index contributed by atoms with van der Waals surface area (Å²) in [6.45, 7) is 10.1. The summed E-state index contributed by atoms with van der Waals surface area (Å²) in [4.78, 5) is 40.2. The van der Waals surface area contributed by atoms with Gasteiger partial charge in [0.15, 0.2) is 11.5 Å². The van der Waals surface area contributed by atoms with Gasteiger partial charge in [-0.15, -0.1) is 0 Å². The number of ether oxygens (including phenoxy) is 5. The first-order valence-electron chi connectivity index (χ1n) is 17.7. The van der Waals surface area contributed by atoms with Gasteiger partial charge >= 0.3 is 0 Å². The van der Waals surface area contributed by atoms with E-state index >= 15 is 0 Å². The van der Waals surface area contributed by atoms with Gasteiger partial charge in [0, 0.05) is 81.6 Å². The second kappa shape index (κ2) is 19.3. The van der Waals surface area contributed by atoms with Crippen LogP contribution >= 0.6 is 11.6 Å². The van der Waals surface area contributed by atoms with Crippen molar-refractivity contribution in [1.29, 1.82) is 0 Å². The van der Waals surface area contributed by atoms with E-state index in [0.717, 1.165) is 50.3 Å². The van der Waals surface area contributed by atoms with Crippen LogP contribution in [0.4, 0.5) is 17.3 Å². The molecule has 1 saturated heterocycles. The summed E-state index contributed by atoms with van der Waals surface area (Å²) in [5.74, 6) is 0.788. The van der Waals surface area contributed by atoms with Crippen molar-refractivity contribution in [2.45, 2.75) is 20.3 Å². The number of hydrogen-bond acceptors (Lipinski definition) is 12. The van der Waals surface area contributed by atoms with E-state index in [1.807, 2.05) is 32.0 Å². The predicted molar refractivity (Wildman–Crippen MR) is 209 cm³/mol. The number of piperazine rings is 1. The van der Waals surface area contributed by atoms with Crippen molar-refractivity contribution in [2.24, 2.45) is 0 Å². The molecule has 3 N–H and O–H groups in total. The summed E-state index contributed by atoms with van der Waals surface area (Å²) in [6.07, 6.45) is 2.21. The molecule has 0 bridgehead atoms. The Balaban J connectivity index is 1.40. The second-order valence-corrected chi connectivity index (χ2v) is 13.2. The highest BCUT2D eigenvalue weighted by Crippen LogP contribution is 2.41. The maximum Gasteiger partial charge on any atom is 0.262 e. The van der Waals surface area contributed by atoms with Gasteiger partial charge in [-0.05, 0) is 56.6 Å². The molecule has 54 heavy (non-hydrogen) atoms. The van der Waals surface area contributed by atoms with Crippen LogP contribution in [0.2, 0.25) is 5.02 Å². The number of halogens is 1. The summed E-state index contributed by atoms with van der Waals surface area (Å²) in [5, 5.41) is 9.04. The van der Waals surface area contributed by atoms with E-state index in [-0.39, 0.29) is 34.1 Å². The molecule has 15 heteroatoms. The molecule has 0 spiro atoms. The van der Waals surface area contributed by atoms with Gasteiger partial charge in [-0.3, -0.25) is 9.59 Å². The zero-order valence-electron chi connectivity index (χ0n) is 31.6. The van der Waals surface area contributed by atoms with Gasteiger partial charge in [-0.25, -0.2) is 4.98 Å². The summed E-state index contributed by atoms with van der Waals surface area (Å²) in [5.41, 5.74) is 3.36. The average Bonchev–Trinajstić information content (AvgIpc) is 3.16. The van der Waals surface area contributed by atoms with E-state index in [0.29, 0.717) is 53.9 Å². The summed E-state index contributed by atoms with van der Waals surface area (Å²) in [7, 11) is 6.80. The lowest BCUT2D eigenvalue weighted by Gasteiger charge is -2.32. The van der Waals surface area contributed by atoms with Crippen molar-refractivity contribution in [3.05, 3.63) is 82.0 Å². The Morgan fingerprint density at radius 2 is 1.63 bits per heavy atom. The fourth-order valence-corrected chi connectivity index (χ4v) is 6.05. The maximum absolute atomic E-state index is 13.8. The van der Waals surface area contributed by atoms with Gasteiger partial charge in [0.05, 0.1) is 32.5 Å². The minimum Gasteiger partial charge on any atom is -0.493 e. The number of carbonyl (C=O) groups is 2. The van der Waals surface area contributed by atoms with Crippen LogP contribution in [0.5, 0.6) is 28.9 Å². The summed E-state index contributed by atoms with van der Waals surface area (Å²) < 4.78 is 28.7. The lowest BCUT2D eigenvalue weighted by atomic mass is 10.1. The van der Waals surface area contributed by atoms with Gasteiger partial charge in [0.25, 0.3) is 11.8 Å². The molecule has 4 aromatic rings. The molecular formula is C39H48ClN7O7. The number of carbonyl (C=O) groups excluding carboxylic acids is 2. The molecule has 1 aliphatic rings. The van der Waals surface area contributed by atoms with Crippen LogP contribution in [-0.2, 0) is 4.74 Å². The first kappa shape index (κ1) is 40.0. The molecule has 0 radical (unpaired) electrons. The van der Waals surface area contributed by atoms with Gasteiger partial charge < -0.3 is 49.4 Å². The molecule has 1 aromatic heterocycles. The average molecular weight is 762 g/mol. The third kappa shape index (κ3) is 10.5. The molecular weight excluding hydrogens is 714 g/mol. The standard InChI is InChI=1S/C39H48ClN7O7/c1-25-9-7-10-26(2)34(25)44-37(49)29-24-42-39(45-38(29)54-31-12-11-27(21-30(31)40)36(48)41-13-20-50-4)43-28-22-32(51-5)35(52-6)33(23-28)53-19-8-14-47-17-15-46(3)16-18-47/h7,9-12,21-24H,8,13-20H2,1-6H3,(H,41,48)(H,44,49)(H,42,43,45). The first-order chi connectivity index (χ1) is 26.1. The van der Waals surface area contributed by atoms with Crippen molar-refractivity contribution < 1.29 is 33.3 Å². The van der Waals surface area contributed by atoms with E-state index in [4.69, 9.17) is 35.3 Å². The highest BCUT2D eigenvalue weighted by Gasteiger charge is 2.22.